The summed E-state index contributed by atoms with van der Waals surface area (Å²) >= 11 is 0. The average Bonchev–Trinajstić information content (AvgIpc) is 2.28. The molecule has 0 heterocycles. The molecule has 0 aliphatic heterocycles. The minimum Gasteiger partial charge on any atom is -0.481 e. The second-order valence-corrected chi connectivity index (χ2v) is 3.64. The minimum absolute atomic E-state index is 0.403. The molecule has 1 atom stereocenters. The molecular formula is C12H14O4. The van der Waals surface area contributed by atoms with Crippen molar-refractivity contribution in [2.45, 2.75) is 13.3 Å². The lowest BCUT2D eigenvalue weighted by Gasteiger charge is -2.07. The number of ether oxygens (including phenoxy) is 1. The summed E-state index contributed by atoms with van der Waals surface area (Å²) in [5, 5.41) is 8.78. The maximum Gasteiger partial charge on any atom is 0.337 e. The third-order valence-electron chi connectivity index (χ3n) is 2.31. The number of esters is 1. The van der Waals surface area contributed by atoms with Crippen molar-refractivity contribution >= 4 is 11.9 Å². The van der Waals surface area contributed by atoms with Gasteiger partial charge in [-0.15, -0.1) is 0 Å². The molecule has 4 heteroatoms. The molecule has 0 aromatic heterocycles. The van der Waals surface area contributed by atoms with Crippen LogP contribution in [0, 0.1) is 5.92 Å². The number of carboxylic acid groups (broad SMARTS) is 1. The van der Waals surface area contributed by atoms with E-state index in [1.54, 1.807) is 31.2 Å². The fourth-order valence-corrected chi connectivity index (χ4v) is 1.38. The first kappa shape index (κ1) is 12.2. The van der Waals surface area contributed by atoms with E-state index in [1.165, 1.54) is 7.11 Å². The number of carbonyl (C=O) groups excluding carboxylic acids is 1. The quantitative estimate of drug-likeness (QED) is 0.788. The number of aliphatic carboxylic acids is 1. The lowest BCUT2D eigenvalue weighted by Crippen LogP contribution is -2.12. The summed E-state index contributed by atoms with van der Waals surface area (Å²) in [5.41, 5.74) is 1.26. The first-order valence-electron chi connectivity index (χ1n) is 4.94. The van der Waals surface area contributed by atoms with Gasteiger partial charge < -0.3 is 9.84 Å². The minimum atomic E-state index is -0.844. The summed E-state index contributed by atoms with van der Waals surface area (Å²) < 4.78 is 4.59. The van der Waals surface area contributed by atoms with Crippen molar-refractivity contribution in [2.24, 2.45) is 5.92 Å². The van der Waals surface area contributed by atoms with E-state index >= 15 is 0 Å². The van der Waals surface area contributed by atoms with Crippen molar-refractivity contribution in [3.63, 3.8) is 0 Å². The Labute approximate surface area is 93.9 Å². The molecule has 0 radical (unpaired) electrons. The maximum atomic E-state index is 11.2. The molecular weight excluding hydrogens is 208 g/mol. The molecule has 1 unspecified atom stereocenters. The highest BCUT2D eigenvalue weighted by Crippen LogP contribution is 2.11. The van der Waals surface area contributed by atoms with Crippen LogP contribution in [0.25, 0.3) is 0 Å². The lowest BCUT2D eigenvalue weighted by molar-refractivity contribution is -0.141. The number of benzene rings is 1. The Bertz CT molecular complexity index is 398. The number of hydrogen-bond donors (Lipinski definition) is 1. The maximum absolute atomic E-state index is 11.2. The molecule has 0 amide bonds. The van der Waals surface area contributed by atoms with Crippen LogP contribution in [-0.4, -0.2) is 24.2 Å². The van der Waals surface area contributed by atoms with Crippen LogP contribution in [-0.2, 0) is 16.0 Å². The van der Waals surface area contributed by atoms with E-state index in [0.29, 0.717) is 12.0 Å². The summed E-state index contributed by atoms with van der Waals surface area (Å²) in [4.78, 5) is 21.9. The summed E-state index contributed by atoms with van der Waals surface area (Å²) in [6.07, 6.45) is 0.403. The second kappa shape index (κ2) is 5.30. The zero-order valence-corrected chi connectivity index (χ0v) is 9.27. The monoisotopic (exact) mass is 222 g/mol. The second-order valence-electron chi connectivity index (χ2n) is 3.64. The molecule has 4 nitrogen and oxygen atoms in total. The highest BCUT2D eigenvalue weighted by Gasteiger charge is 2.13. The van der Waals surface area contributed by atoms with Gasteiger partial charge in [-0.05, 0) is 24.1 Å². The number of hydrogen-bond acceptors (Lipinski definition) is 3. The first-order chi connectivity index (χ1) is 7.54. The Kier molecular flexibility index (Phi) is 4.05. The Morgan fingerprint density at radius 1 is 1.44 bits per heavy atom. The number of carbonyl (C=O) groups is 2. The Balaban J connectivity index is 2.82. The van der Waals surface area contributed by atoms with Gasteiger partial charge in [0.25, 0.3) is 0 Å². The lowest BCUT2D eigenvalue weighted by atomic mass is 10.00. The van der Waals surface area contributed by atoms with Crippen molar-refractivity contribution in [3.8, 4) is 0 Å². The van der Waals surface area contributed by atoms with E-state index in [-0.39, 0.29) is 0 Å². The third-order valence-corrected chi connectivity index (χ3v) is 2.31. The zero-order valence-electron chi connectivity index (χ0n) is 9.27. The molecule has 1 aromatic carbocycles. The first-order valence-corrected chi connectivity index (χ1v) is 4.94. The van der Waals surface area contributed by atoms with Gasteiger partial charge in [0.2, 0.25) is 0 Å². The fourth-order valence-electron chi connectivity index (χ4n) is 1.38. The number of carboxylic acids is 1. The van der Waals surface area contributed by atoms with Gasteiger partial charge in [-0.3, -0.25) is 4.79 Å². The van der Waals surface area contributed by atoms with E-state index in [0.717, 1.165) is 5.56 Å². The van der Waals surface area contributed by atoms with E-state index in [9.17, 15) is 9.59 Å². The summed E-state index contributed by atoms with van der Waals surface area (Å²) in [6.45, 7) is 1.63. The van der Waals surface area contributed by atoms with Gasteiger partial charge >= 0.3 is 11.9 Å². The standard InChI is InChI=1S/C12H14O4/c1-8(11(13)14)6-9-4-3-5-10(7-9)12(15)16-2/h3-5,7-8H,6H2,1-2H3,(H,13,14). The van der Waals surface area contributed by atoms with Crippen LogP contribution in [0.15, 0.2) is 24.3 Å². The van der Waals surface area contributed by atoms with Crippen LogP contribution in [0.5, 0.6) is 0 Å². The molecule has 0 aliphatic carbocycles. The van der Waals surface area contributed by atoms with Gasteiger partial charge in [-0.25, -0.2) is 4.79 Å². The molecule has 1 rings (SSSR count). The highest BCUT2D eigenvalue weighted by molar-refractivity contribution is 5.89. The van der Waals surface area contributed by atoms with Crippen molar-refractivity contribution < 1.29 is 19.4 Å². The van der Waals surface area contributed by atoms with E-state index < -0.39 is 17.9 Å². The largest absolute Gasteiger partial charge is 0.481 e. The summed E-state index contributed by atoms with van der Waals surface area (Å²) in [7, 11) is 1.31. The van der Waals surface area contributed by atoms with E-state index in [4.69, 9.17) is 5.11 Å². The Morgan fingerprint density at radius 2 is 2.12 bits per heavy atom. The highest BCUT2D eigenvalue weighted by atomic mass is 16.5. The Morgan fingerprint density at radius 3 is 2.69 bits per heavy atom. The third kappa shape index (κ3) is 3.08. The van der Waals surface area contributed by atoms with Crippen molar-refractivity contribution in [1.29, 1.82) is 0 Å². The van der Waals surface area contributed by atoms with Crippen molar-refractivity contribution in [1.82, 2.24) is 0 Å². The molecule has 1 aromatic rings. The molecule has 86 valence electrons. The Hall–Kier alpha value is -1.84. The van der Waals surface area contributed by atoms with Gasteiger partial charge in [-0.1, -0.05) is 19.1 Å². The number of methoxy groups -OCH3 is 1. The smallest absolute Gasteiger partial charge is 0.337 e. The summed E-state index contributed by atoms with van der Waals surface area (Å²) in [5.74, 6) is -1.72. The van der Waals surface area contributed by atoms with Crippen molar-refractivity contribution in [2.75, 3.05) is 7.11 Å². The predicted molar refractivity (Wildman–Crippen MR) is 58.3 cm³/mol. The molecule has 1 N–H and O–H groups in total. The molecule has 0 saturated heterocycles. The van der Waals surface area contributed by atoms with Gasteiger partial charge in [0, 0.05) is 0 Å². The topological polar surface area (TPSA) is 63.6 Å². The molecule has 0 saturated carbocycles. The van der Waals surface area contributed by atoms with Gasteiger partial charge in [0.1, 0.15) is 0 Å². The van der Waals surface area contributed by atoms with Gasteiger partial charge in [0.05, 0.1) is 18.6 Å². The van der Waals surface area contributed by atoms with Crippen LogP contribution in [0.4, 0.5) is 0 Å². The van der Waals surface area contributed by atoms with Gasteiger partial charge in [0.15, 0.2) is 0 Å². The molecule has 0 fully saturated rings. The molecule has 0 spiro atoms. The van der Waals surface area contributed by atoms with Crippen LogP contribution in [0.1, 0.15) is 22.8 Å². The van der Waals surface area contributed by atoms with Crippen LogP contribution in [0.3, 0.4) is 0 Å². The molecule has 0 bridgehead atoms. The molecule has 0 aliphatic rings. The fraction of sp³-hybridized carbons (Fsp3) is 0.333. The van der Waals surface area contributed by atoms with E-state index in [1.807, 2.05) is 0 Å². The zero-order chi connectivity index (χ0) is 12.1. The van der Waals surface area contributed by atoms with Crippen LogP contribution in [0.2, 0.25) is 0 Å². The average molecular weight is 222 g/mol. The predicted octanol–water partition coefficient (Wildman–Crippen LogP) is 1.74. The van der Waals surface area contributed by atoms with Crippen LogP contribution < -0.4 is 0 Å². The normalized spacial score (nSPS) is 11.9. The van der Waals surface area contributed by atoms with Crippen molar-refractivity contribution in [3.05, 3.63) is 35.4 Å². The molecule has 16 heavy (non-hydrogen) atoms. The SMILES string of the molecule is COC(=O)c1cccc(CC(C)C(=O)O)c1. The van der Waals surface area contributed by atoms with Gasteiger partial charge in [-0.2, -0.15) is 0 Å². The van der Waals surface area contributed by atoms with E-state index in [2.05, 4.69) is 4.74 Å². The number of rotatable bonds is 4. The van der Waals surface area contributed by atoms with Crippen LogP contribution >= 0.6 is 0 Å². The summed E-state index contributed by atoms with van der Waals surface area (Å²) in [6, 6.07) is 6.81.